The van der Waals surface area contributed by atoms with Gasteiger partial charge in [-0.3, -0.25) is 4.79 Å². The summed E-state index contributed by atoms with van der Waals surface area (Å²) in [4.78, 5) is 28.4. The Labute approximate surface area is 224 Å². The Bertz CT molecular complexity index is 1380. The van der Waals surface area contributed by atoms with Crippen molar-refractivity contribution in [3.63, 3.8) is 0 Å². The molecule has 0 spiro atoms. The molecule has 0 saturated carbocycles. The molecule has 3 aliphatic rings. The van der Waals surface area contributed by atoms with Crippen molar-refractivity contribution >= 4 is 11.9 Å². The lowest BCUT2D eigenvalue weighted by atomic mass is 9.84. The topological polar surface area (TPSA) is 55.8 Å². The SMILES string of the molecule is COc1cc(C(=O)C2CC3CCC(C2)N3C(=O)OCC2c3ccccc3-c3ccccc32)cc(C(F)(F)F)c1. The van der Waals surface area contributed by atoms with Gasteiger partial charge in [-0.05, 0) is 66.1 Å². The number of methoxy groups -OCH3 is 1. The minimum Gasteiger partial charge on any atom is -0.497 e. The number of ether oxygens (including phenoxy) is 2. The van der Waals surface area contributed by atoms with E-state index in [2.05, 4.69) is 24.3 Å². The number of rotatable bonds is 5. The van der Waals surface area contributed by atoms with E-state index in [1.165, 1.54) is 13.2 Å². The average Bonchev–Trinajstić information content (AvgIpc) is 3.40. The molecule has 3 aromatic carbocycles. The number of carbonyl (C=O) groups is 2. The number of hydrogen-bond acceptors (Lipinski definition) is 4. The molecule has 2 aliphatic heterocycles. The number of halogens is 3. The summed E-state index contributed by atoms with van der Waals surface area (Å²) in [6.45, 7) is 0.217. The van der Waals surface area contributed by atoms with Crippen LogP contribution < -0.4 is 4.74 Å². The van der Waals surface area contributed by atoms with Gasteiger partial charge >= 0.3 is 12.3 Å². The number of ketones is 1. The van der Waals surface area contributed by atoms with Crippen molar-refractivity contribution in [1.82, 2.24) is 4.90 Å². The van der Waals surface area contributed by atoms with Gasteiger partial charge in [0.2, 0.25) is 0 Å². The highest BCUT2D eigenvalue weighted by molar-refractivity contribution is 5.98. The largest absolute Gasteiger partial charge is 0.497 e. The third kappa shape index (κ3) is 4.56. The van der Waals surface area contributed by atoms with Gasteiger partial charge in [0, 0.05) is 29.5 Å². The average molecular weight is 536 g/mol. The minimum atomic E-state index is -4.59. The number of carbonyl (C=O) groups excluding carboxylic acids is 2. The van der Waals surface area contributed by atoms with Crippen LogP contribution in [0.2, 0.25) is 0 Å². The molecule has 0 radical (unpaired) electrons. The van der Waals surface area contributed by atoms with E-state index in [4.69, 9.17) is 9.47 Å². The zero-order valence-electron chi connectivity index (χ0n) is 21.4. The van der Waals surface area contributed by atoms with Gasteiger partial charge in [-0.2, -0.15) is 13.2 Å². The van der Waals surface area contributed by atoms with Crippen LogP contribution in [0.5, 0.6) is 5.75 Å². The molecule has 5 nitrogen and oxygen atoms in total. The van der Waals surface area contributed by atoms with Crippen molar-refractivity contribution in [2.24, 2.45) is 5.92 Å². The molecule has 2 heterocycles. The Morgan fingerprint density at radius 3 is 2.05 bits per heavy atom. The van der Waals surface area contributed by atoms with Gasteiger partial charge in [0.1, 0.15) is 12.4 Å². The van der Waals surface area contributed by atoms with Crippen LogP contribution in [-0.4, -0.2) is 42.6 Å². The maximum atomic E-state index is 13.4. The van der Waals surface area contributed by atoms with Crippen LogP contribution in [0.1, 0.15) is 58.6 Å². The molecule has 3 aromatic rings. The molecule has 6 rings (SSSR count). The number of nitrogens with zero attached hydrogens (tertiary/aromatic N) is 1. The maximum absolute atomic E-state index is 13.4. The number of piperidine rings is 1. The smallest absolute Gasteiger partial charge is 0.416 e. The standard InChI is InChI=1S/C31H28F3NO4/c1-38-23-15-18(12-20(16-23)31(32,33)34)29(36)19-13-21-10-11-22(14-19)35(21)30(37)39-17-28-26-8-4-2-6-24(26)25-7-3-5-9-27(25)28/h2-9,12,15-16,19,21-22,28H,10-11,13-14,17H2,1H3. The van der Waals surface area contributed by atoms with E-state index in [0.717, 1.165) is 47.2 Å². The fraction of sp³-hybridized carbons (Fsp3) is 0.355. The predicted molar refractivity (Wildman–Crippen MR) is 139 cm³/mol. The second kappa shape index (κ2) is 9.74. The quantitative estimate of drug-likeness (QED) is 0.328. The number of hydrogen-bond donors (Lipinski definition) is 0. The predicted octanol–water partition coefficient (Wildman–Crippen LogP) is 7.09. The van der Waals surface area contributed by atoms with Gasteiger partial charge in [-0.15, -0.1) is 0 Å². The normalized spacial score (nSPS) is 21.8. The van der Waals surface area contributed by atoms with Gasteiger partial charge in [0.25, 0.3) is 0 Å². The molecule has 0 aromatic heterocycles. The summed E-state index contributed by atoms with van der Waals surface area (Å²) in [5.41, 5.74) is 3.65. The van der Waals surface area contributed by atoms with Crippen molar-refractivity contribution in [2.45, 2.75) is 49.9 Å². The molecule has 0 N–H and O–H groups in total. The van der Waals surface area contributed by atoms with E-state index in [9.17, 15) is 22.8 Å². The van der Waals surface area contributed by atoms with Gasteiger partial charge in [-0.25, -0.2) is 4.79 Å². The van der Waals surface area contributed by atoms with Crippen LogP contribution in [0.25, 0.3) is 11.1 Å². The maximum Gasteiger partial charge on any atom is 0.416 e. The minimum absolute atomic E-state index is 0.00720. The van der Waals surface area contributed by atoms with Crippen molar-refractivity contribution in [3.8, 4) is 16.9 Å². The first-order valence-electron chi connectivity index (χ1n) is 13.2. The molecular weight excluding hydrogens is 507 g/mol. The van der Waals surface area contributed by atoms with Gasteiger partial charge in [0.05, 0.1) is 12.7 Å². The van der Waals surface area contributed by atoms with E-state index in [1.807, 2.05) is 24.3 Å². The summed E-state index contributed by atoms with van der Waals surface area (Å²) in [5.74, 6) is -0.863. The van der Waals surface area contributed by atoms with E-state index >= 15 is 0 Å². The Morgan fingerprint density at radius 1 is 0.897 bits per heavy atom. The van der Waals surface area contributed by atoms with Crippen LogP contribution >= 0.6 is 0 Å². The lowest BCUT2D eigenvalue weighted by Gasteiger charge is -2.37. The lowest BCUT2D eigenvalue weighted by molar-refractivity contribution is -0.137. The summed E-state index contributed by atoms with van der Waals surface area (Å²) in [6, 6.07) is 19.1. The number of fused-ring (bicyclic) bond motifs is 5. The number of benzene rings is 3. The molecule has 2 unspecified atom stereocenters. The second-order valence-electron chi connectivity index (χ2n) is 10.6. The third-order valence-corrected chi connectivity index (χ3v) is 8.40. The Kier molecular flexibility index (Phi) is 6.36. The molecule has 39 heavy (non-hydrogen) atoms. The molecule has 2 atom stereocenters. The molecule has 1 amide bonds. The van der Waals surface area contributed by atoms with E-state index in [-0.39, 0.29) is 41.7 Å². The first-order chi connectivity index (χ1) is 18.7. The Hall–Kier alpha value is -3.81. The highest BCUT2D eigenvalue weighted by Crippen LogP contribution is 2.45. The lowest BCUT2D eigenvalue weighted by Crippen LogP contribution is -2.48. The monoisotopic (exact) mass is 535 g/mol. The van der Waals surface area contributed by atoms with Gasteiger partial charge < -0.3 is 14.4 Å². The molecule has 8 heteroatoms. The highest BCUT2D eigenvalue weighted by Gasteiger charge is 2.46. The van der Waals surface area contributed by atoms with Crippen molar-refractivity contribution in [3.05, 3.63) is 89.0 Å². The van der Waals surface area contributed by atoms with Crippen LogP contribution in [0.15, 0.2) is 66.7 Å². The van der Waals surface area contributed by atoms with E-state index < -0.39 is 23.8 Å². The number of amides is 1. The fourth-order valence-electron chi connectivity index (χ4n) is 6.62. The Morgan fingerprint density at radius 2 is 1.49 bits per heavy atom. The molecule has 1 aliphatic carbocycles. The number of alkyl halides is 3. The molecule has 2 bridgehead atoms. The van der Waals surface area contributed by atoms with E-state index in [0.29, 0.717) is 12.8 Å². The van der Waals surface area contributed by atoms with Crippen LogP contribution in [-0.2, 0) is 10.9 Å². The zero-order chi connectivity index (χ0) is 27.3. The highest BCUT2D eigenvalue weighted by atomic mass is 19.4. The molecule has 202 valence electrons. The van der Waals surface area contributed by atoms with Crippen LogP contribution in [0.3, 0.4) is 0 Å². The van der Waals surface area contributed by atoms with Crippen molar-refractivity contribution in [1.29, 1.82) is 0 Å². The van der Waals surface area contributed by atoms with Crippen molar-refractivity contribution in [2.75, 3.05) is 13.7 Å². The van der Waals surface area contributed by atoms with Crippen molar-refractivity contribution < 1.29 is 32.2 Å². The molecule has 2 saturated heterocycles. The summed E-state index contributed by atoms with van der Waals surface area (Å²) in [5, 5.41) is 0. The summed E-state index contributed by atoms with van der Waals surface area (Å²) in [7, 11) is 1.27. The van der Waals surface area contributed by atoms with Crippen LogP contribution in [0, 0.1) is 5.92 Å². The zero-order valence-corrected chi connectivity index (χ0v) is 21.4. The molecule has 2 fully saturated rings. The summed E-state index contributed by atoms with van der Waals surface area (Å²) < 4.78 is 51.1. The Balaban J connectivity index is 1.15. The third-order valence-electron chi connectivity index (χ3n) is 8.40. The van der Waals surface area contributed by atoms with Gasteiger partial charge in [0.15, 0.2) is 5.78 Å². The summed E-state index contributed by atoms with van der Waals surface area (Å²) >= 11 is 0. The number of Topliss-reactive ketones (excluding diaryl/α,β-unsaturated/α-hetero) is 1. The van der Waals surface area contributed by atoms with Crippen LogP contribution in [0.4, 0.5) is 18.0 Å². The molecular formula is C31H28F3NO4. The summed E-state index contributed by atoms with van der Waals surface area (Å²) in [6.07, 6.45) is -2.70. The fourth-order valence-corrected chi connectivity index (χ4v) is 6.62. The van der Waals surface area contributed by atoms with E-state index in [1.54, 1.807) is 4.90 Å². The first-order valence-corrected chi connectivity index (χ1v) is 13.2. The van der Waals surface area contributed by atoms with Gasteiger partial charge in [-0.1, -0.05) is 48.5 Å². The first kappa shape index (κ1) is 25.5. The second-order valence-corrected chi connectivity index (χ2v) is 10.6.